The van der Waals surface area contributed by atoms with Crippen LogP contribution in [-0.2, 0) is 10.3 Å². The molecule has 0 atom stereocenters. The van der Waals surface area contributed by atoms with Gasteiger partial charge >= 0.3 is 0 Å². The molecule has 92 valence electrons. The van der Waals surface area contributed by atoms with Crippen molar-refractivity contribution in [3.05, 3.63) is 46.0 Å². The van der Waals surface area contributed by atoms with E-state index in [1.165, 1.54) is 0 Å². The van der Waals surface area contributed by atoms with Crippen LogP contribution in [0.2, 0.25) is 0 Å². The van der Waals surface area contributed by atoms with E-state index >= 15 is 0 Å². The summed E-state index contributed by atoms with van der Waals surface area (Å²) >= 11 is 3.30. The maximum atomic E-state index is 12.0. The Hall–Kier alpha value is -1.09. The molecule has 0 radical (unpaired) electrons. The molecule has 0 unspecified atom stereocenters. The Morgan fingerprint density at radius 2 is 1.71 bits per heavy atom. The monoisotopic (exact) mass is 295 g/mol. The van der Waals surface area contributed by atoms with Crippen LogP contribution in [0, 0.1) is 0 Å². The van der Waals surface area contributed by atoms with Crippen molar-refractivity contribution in [2.24, 2.45) is 0 Å². The van der Waals surface area contributed by atoms with Gasteiger partial charge in [-0.1, -0.05) is 35.9 Å². The minimum absolute atomic E-state index is 0.0844. The molecule has 17 heavy (non-hydrogen) atoms. The molecule has 1 rings (SSSR count). The molecule has 0 fully saturated rings. The molecule has 0 aliphatic heterocycles. The van der Waals surface area contributed by atoms with Crippen LogP contribution in [0.5, 0.6) is 0 Å². The van der Waals surface area contributed by atoms with Crippen molar-refractivity contribution in [3.8, 4) is 0 Å². The summed E-state index contributed by atoms with van der Waals surface area (Å²) in [6.07, 6.45) is 0. The Morgan fingerprint density at radius 3 is 2.18 bits per heavy atom. The van der Waals surface area contributed by atoms with Crippen LogP contribution in [0.1, 0.15) is 33.3 Å². The second-order valence-electron chi connectivity index (χ2n) is 4.76. The first kappa shape index (κ1) is 14.0. The number of benzene rings is 1. The first-order valence-corrected chi connectivity index (χ1v) is 6.35. The van der Waals surface area contributed by atoms with Gasteiger partial charge in [-0.3, -0.25) is 4.79 Å². The summed E-state index contributed by atoms with van der Waals surface area (Å²) in [5.74, 6) is -0.0844. The average molecular weight is 296 g/mol. The number of amides is 1. The Kier molecular flexibility index (Phi) is 4.52. The predicted octanol–water partition coefficient (Wildman–Crippen LogP) is 3.73. The van der Waals surface area contributed by atoms with Gasteiger partial charge < -0.3 is 5.32 Å². The fourth-order valence-corrected chi connectivity index (χ4v) is 1.59. The highest BCUT2D eigenvalue weighted by Crippen LogP contribution is 2.21. The van der Waals surface area contributed by atoms with E-state index < -0.39 is 0 Å². The van der Waals surface area contributed by atoms with E-state index in [1.54, 1.807) is 0 Å². The lowest BCUT2D eigenvalue weighted by atomic mass is 9.94. The molecule has 0 saturated carbocycles. The van der Waals surface area contributed by atoms with Gasteiger partial charge in [0, 0.05) is 0 Å². The number of nitrogens with one attached hydrogen (secondary N) is 1. The van der Waals surface area contributed by atoms with E-state index in [0.717, 1.165) is 11.1 Å². The summed E-state index contributed by atoms with van der Waals surface area (Å²) < 4.78 is 0.599. The van der Waals surface area contributed by atoms with E-state index in [-0.39, 0.29) is 11.4 Å². The van der Waals surface area contributed by atoms with Crippen LogP contribution < -0.4 is 5.32 Å². The second kappa shape index (κ2) is 5.50. The standard InChI is InChI=1S/C14H18BrNO/c1-10(2)12(15)13(17)16-14(3,4)11-8-6-5-7-9-11/h5-9H,1-4H3,(H,16,17). The second-order valence-corrected chi connectivity index (χ2v) is 5.55. The molecule has 1 N–H and O–H groups in total. The molecule has 0 aliphatic rings. The third-order valence-electron chi connectivity index (χ3n) is 2.56. The quantitative estimate of drug-likeness (QED) is 0.846. The van der Waals surface area contributed by atoms with Gasteiger partial charge in [0.25, 0.3) is 5.91 Å². The van der Waals surface area contributed by atoms with E-state index in [4.69, 9.17) is 0 Å². The van der Waals surface area contributed by atoms with Gasteiger partial charge in [0.2, 0.25) is 0 Å². The van der Waals surface area contributed by atoms with Gasteiger partial charge in [-0.05, 0) is 49.2 Å². The zero-order chi connectivity index (χ0) is 13.1. The van der Waals surface area contributed by atoms with E-state index in [9.17, 15) is 4.79 Å². The fourth-order valence-electron chi connectivity index (χ4n) is 1.49. The normalized spacial score (nSPS) is 10.9. The van der Waals surface area contributed by atoms with Crippen molar-refractivity contribution in [3.63, 3.8) is 0 Å². The van der Waals surface area contributed by atoms with E-state index in [2.05, 4.69) is 21.2 Å². The SMILES string of the molecule is CC(C)=C(Br)C(=O)NC(C)(C)c1ccccc1. The summed E-state index contributed by atoms with van der Waals surface area (Å²) in [6, 6.07) is 9.93. The molecule has 2 nitrogen and oxygen atoms in total. The molecule has 0 saturated heterocycles. The number of hydrogen-bond acceptors (Lipinski definition) is 1. The Balaban J connectivity index is 2.88. The maximum absolute atomic E-state index is 12.0. The molecule has 0 aromatic heterocycles. The number of halogens is 1. The summed E-state index contributed by atoms with van der Waals surface area (Å²) in [7, 11) is 0. The molecular weight excluding hydrogens is 278 g/mol. The Morgan fingerprint density at radius 1 is 1.18 bits per heavy atom. The average Bonchev–Trinajstić information content (AvgIpc) is 2.28. The molecule has 0 heterocycles. The number of rotatable bonds is 3. The molecule has 1 aromatic rings. The number of carbonyl (C=O) groups excluding carboxylic acids is 1. The number of allylic oxidation sites excluding steroid dienone is 1. The van der Waals surface area contributed by atoms with Crippen LogP contribution in [0.25, 0.3) is 0 Å². The Labute approximate surface area is 111 Å². The van der Waals surface area contributed by atoms with Gasteiger partial charge in [-0.25, -0.2) is 0 Å². The number of hydrogen-bond donors (Lipinski definition) is 1. The molecule has 3 heteroatoms. The van der Waals surface area contributed by atoms with Crippen LogP contribution >= 0.6 is 15.9 Å². The minimum atomic E-state index is -0.382. The van der Waals surface area contributed by atoms with Crippen LogP contribution in [0.4, 0.5) is 0 Å². The fraction of sp³-hybridized carbons (Fsp3) is 0.357. The molecular formula is C14H18BrNO. The zero-order valence-corrected chi connectivity index (χ0v) is 12.3. The first-order chi connectivity index (χ1) is 7.84. The molecule has 0 bridgehead atoms. The van der Waals surface area contributed by atoms with Crippen LogP contribution in [0.3, 0.4) is 0 Å². The Bertz CT molecular complexity index is 431. The summed E-state index contributed by atoms with van der Waals surface area (Å²) in [5, 5.41) is 3.01. The predicted molar refractivity (Wildman–Crippen MR) is 74.9 cm³/mol. The van der Waals surface area contributed by atoms with Gasteiger partial charge in [0.05, 0.1) is 10.0 Å². The van der Waals surface area contributed by atoms with Crippen molar-refractivity contribution in [1.29, 1.82) is 0 Å². The molecule has 1 aromatic carbocycles. The maximum Gasteiger partial charge on any atom is 0.258 e. The van der Waals surface area contributed by atoms with Crippen molar-refractivity contribution >= 4 is 21.8 Å². The molecule has 0 spiro atoms. The highest BCUT2D eigenvalue weighted by molar-refractivity contribution is 9.12. The van der Waals surface area contributed by atoms with Crippen molar-refractivity contribution in [2.75, 3.05) is 0 Å². The van der Waals surface area contributed by atoms with E-state index in [1.807, 2.05) is 58.0 Å². The third-order valence-corrected chi connectivity index (χ3v) is 3.71. The highest BCUT2D eigenvalue weighted by atomic mass is 79.9. The lowest BCUT2D eigenvalue weighted by Gasteiger charge is -2.27. The lowest BCUT2D eigenvalue weighted by molar-refractivity contribution is -0.118. The van der Waals surface area contributed by atoms with Gasteiger partial charge in [0.15, 0.2) is 0 Å². The smallest absolute Gasteiger partial charge is 0.258 e. The van der Waals surface area contributed by atoms with Crippen molar-refractivity contribution < 1.29 is 4.79 Å². The zero-order valence-electron chi connectivity index (χ0n) is 10.7. The van der Waals surface area contributed by atoms with Crippen LogP contribution in [0.15, 0.2) is 40.4 Å². The first-order valence-electron chi connectivity index (χ1n) is 5.55. The van der Waals surface area contributed by atoms with Gasteiger partial charge in [-0.15, -0.1) is 0 Å². The minimum Gasteiger partial charge on any atom is -0.343 e. The topological polar surface area (TPSA) is 29.1 Å². The van der Waals surface area contributed by atoms with E-state index in [0.29, 0.717) is 4.48 Å². The van der Waals surface area contributed by atoms with Crippen LogP contribution in [-0.4, -0.2) is 5.91 Å². The highest BCUT2D eigenvalue weighted by Gasteiger charge is 2.23. The third kappa shape index (κ3) is 3.70. The summed E-state index contributed by atoms with van der Waals surface area (Å²) in [5.41, 5.74) is 1.67. The van der Waals surface area contributed by atoms with Crippen molar-refractivity contribution in [2.45, 2.75) is 33.2 Å². The summed E-state index contributed by atoms with van der Waals surface area (Å²) in [6.45, 7) is 7.79. The van der Waals surface area contributed by atoms with Crippen molar-refractivity contribution in [1.82, 2.24) is 5.32 Å². The largest absolute Gasteiger partial charge is 0.343 e. The lowest BCUT2D eigenvalue weighted by Crippen LogP contribution is -2.41. The van der Waals surface area contributed by atoms with Gasteiger partial charge in [0.1, 0.15) is 0 Å². The van der Waals surface area contributed by atoms with Gasteiger partial charge in [-0.2, -0.15) is 0 Å². The molecule has 0 aliphatic carbocycles. The summed E-state index contributed by atoms with van der Waals surface area (Å²) in [4.78, 5) is 12.0. The molecule has 1 amide bonds. The number of carbonyl (C=O) groups is 1.